The number of hydrogen-bond donors (Lipinski definition) is 0. The molecule has 0 saturated carbocycles. The molecule has 0 amide bonds. The van der Waals surface area contributed by atoms with E-state index >= 15 is 0 Å². The molecule has 0 bridgehead atoms. The van der Waals surface area contributed by atoms with E-state index in [4.69, 9.17) is 13.9 Å². The largest absolute Gasteiger partial charge is 0.493 e. The third kappa shape index (κ3) is 4.23. The van der Waals surface area contributed by atoms with Crippen LogP contribution < -0.4 is 19.6 Å². The molecule has 1 aromatic carbocycles. The fourth-order valence-corrected chi connectivity index (χ4v) is 4.01. The van der Waals surface area contributed by atoms with E-state index in [9.17, 15) is 4.79 Å². The van der Waals surface area contributed by atoms with Crippen LogP contribution in [-0.4, -0.2) is 28.3 Å². The first-order valence-corrected chi connectivity index (χ1v) is 10.8. The van der Waals surface area contributed by atoms with Crippen molar-refractivity contribution in [3.63, 3.8) is 0 Å². The van der Waals surface area contributed by atoms with Gasteiger partial charge in [-0.1, -0.05) is 43.6 Å². The summed E-state index contributed by atoms with van der Waals surface area (Å²) in [5.74, 6) is 2.29. The predicted molar refractivity (Wildman–Crippen MR) is 116 cm³/mol. The molecule has 0 aliphatic rings. The highest BCUT2D eigenvalue weighted by atomic mass is 32.1. The summed E-state index contributed by atoms with van der Waals surface area (Å²) in [6.07, 6.45) is 7.95. The minimum Gasteiger partial charge on any atom is -0.493 e. The molecule has 0 unspecified atom stereocenters. The number of hydrogen-bond acceptors (Lipinski definition) is 7. The van der Waals surface area contributed by atoms with E-state index in [1.165, 1.54) is 28.7 Å². The maximum atomic E-state index is 12.7. The molecule has 3 aromatic heterocycles. The number of ether oxygens (including phenoxy) is 2. The lowest BCUT2D eigenvalue weighted by Gasteiger charge is -2.11. The molecule has 0 atom stereocenters. The third-order valence-electron chi connectivity index (χ3n) is 4.66. The number of methoxy groups -OCH3 is 1. The summed E-state index contributed by atoms with van der Waals surface area (Å²) in [4.78, 5) is 17.6. The first-order valence-electron chi connectivity index (χ1n) is 9.95. The minimum absolute atomic E-state index is 0.212. The summed E-state index contributed by atoms with van der Waals surface area (Å²) in [5.41, 5.74) is 0.633. The van der Waals surface area contributed by atoms with Crippen LogP contribution in [0.3, 0.4) is 0 Å². The molecule has 4 aromatic rings. The summed E-state index contributed by atoms with van der Waals surface area (Å²) in [6.45, 7) is 2.85. The van der Waals surface area contributed by atoms with Gasteiger partial charge in [0.15, 0.2) is 17.3 Å². The van der Waals surface area contributed by atoms with Gasteiger partial charge in [-0.05, 0) is 42.3 Å². The average molecular weight is 426 g/mol. The zero-order chi connectivity index (χ0) is 20.9. The molecule has 0 saturated heterocycles. The van der Waals surface area contributed by atoms with Gasteiger partial charge in [-0.25, -0.2) is 0 Å². The highest BCUT2D eigenvalue weighted by Crippen LogP contribution is 2.28. The molecule has 0 spiro atoms. The van der Waals surface area contributed by atoms with Gasteiger partial charge in [0.25, 0.3) is 5.56 Å². The fraction of sp³-hybridized carbons (Fsp3) is 0.318. The molecule has 7 nitrogen and oxygen atoms in total. The van der Waals surface area contributed by atoms with E-state index in [1.807, 2.05) is 24.3 Å². The van der Waals surface area contributed by atoms with Crippen LogP contribution in [0.1, 0.15) is 38.2 Å². The van der Waals surface area contributed by atoms with Crippen LogP contribution in [0.25, 0.3) is 22.6 Å². The average Bonchev–Trinajstić information content (AvgIpc) is 3.48. The van der Waals surface area contributed by atoms with Crippen molar-refractivity contribution in [3.8, 4) is 23.1 Å². The zero-order valence-electron chi connectivity index (χ0n) is 17.0. The summed E-state index contributed by atoms with van der Waals surface area (Å²) in [7, 11) is 1.61. The molecule has 156 valence electrons. The topological polar surface area (TPSA) is 78.9 Å². The van der Waals surface area contributed by atoms with Crippen molar-refractivity contribution in [3.05, 3.63) is 57.0 Å². The number of fused-ring (bicyclic) bond motifs is 1. The molecule has 0 aliphatic heterocycles. The summed E-state index contributed by atoms with van der Waals surface area (Å²) in [6, 6.07) is 9.17. The monoisotopic (exact) mass is 425 g/mol. The number of nitrogens with zero attached hydrogens (tertiary/aromatic N) is 3. The van der Waals surface area contributed by atoms with Gasteiger partial charge in [-0.3, -0.25) is 4.79 Å². The number of furan rings is 1. The molecule has 0 aliphatic carbocycles. The maximum Gasteiger partial charge on any atom is 0.291 e. The van der Waals surface area contributed by atoms with Crippen LogP contribution in [0.5, 0.6) is 11.5 Å². The number of aromatic nitrogens is 3. The van der Waals surface area contributed by atoms with Crippen LogP contribution in [0.2, 0.25) is 0 Å². The van der Waals surface area contributed by atoms with Gasteiger partial charge in [0.2, 0.25) is 10.8 Å². The van der Waals surface area contributed by atoms with Crippen molar-refractivity contribution in [2.24, 2.45) is 0 Å². The maximum absolute atomic E-state index is 12.7. The van der Waals surface area contributed by atoms with Crippen LogP contribution in [0.4, 0.5) is 0 Å². The predicted octanol–water partition coefficient (Wildman–Crippen LogP) is 3.93. The van der Waals surface area contributed by atoms with Crippen LogP contribution in [0.15, 0.2) is 45.8 Å². The van der Waals surface area contributed by atoms with Gasteiger partial charge in [0, 0.05) is 0 Å². The smallest absolute Gasteiger partial charge is 0.291 e. The van der Waals surface area contributed by atoms with Gasteiger partial charge in [0.1, 0.15) is 0 Å². The van der Waals surface area contributed by atoms with E-state index < -0.39 is 0 Å². The summed E-state index contributed by atoms with van der Waals surface area (Å²) >= 11 is 1.28. The number of thiazole rings is 1. The van der Waals surface area contributed by atoms with Gasteiger partial charge in [0.05, 0.1) is 24.5 Å². The van der Waals surface area contributed by atoms with Crippen molar-refractivity contribution < 1.29 is 13.9 Å². The van der Waals surface area contributed by atoms with Crippen molar-refractivity contribution in [1.29, 1.82) is 0 Å². The Hall–Kier alpha value is -3.13. The minimum atomic E-state index is -0.212. The SMILES string of the molecule is CCCCCCOc1ccc(/C=c2\sc3nc(-c4ccco4)nn3c2=O)cc1OC. The lowest BCUT2D eigenvalue weighted by molar-refractivity contribution is 0.285. The van der Waals surface area contributed by atoms with E-state index in [1.54, 1.807) is 25.5 Å². The quantitative estimate of drug-likeness (QED) is 0.378. The van der Waals surface area contributed by atoms with Crippen LogP contribution >= 0.6 is 11.3 Å². The van der Waals surface area contributed by atoms with Crippen molar-refractivity contribution in [2.75, 3.05) is 13.7 Å². The van der Waals surface area contributed by atoms with Crippen molar-refractivity contribution in [1.82, 2.24) is 14.6 Å². The molecule has 3 heterocycles. The van der Waals surface area contributed by atoms with E-state index in [0.717, 1.165) is 18.4 Å². The highest BCUT2D eigenvalue weighted by Gasteiger charge is 2.13. The molecule has 8 heteroatoms. The van der Waals surface area contributed by atoms with E-state index in [0.29, 0.717) is 39.2 Å². The Morgan fingerprint density at radius 3 is 2.83 bits per heavy atom. The Balaban J connectivity index is 1.56. The van der Waals surface area contributed by atoms with Gasteiger partial charge < -0.3 is 13.9 Å². The number of rotatable bonds is 9. The van der Waals surface area contributed by atoms with E-state index in [-0.39, 0.29) is 5.56 Å². The van der Waals surface area contributed by atoms with Gasteiger partial charge in [-0.15, -0.1) is 5.10 Å². The second kappa shape index (κ2) is 9.13. The Morgan fingerprint density at radius 2 is 2.10 bits per heavy atom. The zero-order valence-corrected chi connectivity index (χ0v) is 17.8. The molecule has 30 heavy (non-hydrogen) atoms. The second-order valence-corrected chi connectivity index (χ2v) is 7.85. The molecule has 0 N–H and O–H groups in total. The summed E-state index contributed by atoms with van der Waals surface area (Å²) in [5, 5.41) is 4.26. The van der Waals surface area contributed by atoms with Crippen molar-refractivity contribution in [2.45, 2.75) is 32.6 Å². The van der Waals surface area contributed by atoms with Gasteiger partial charge in [-0.2, -0.15) is 9.50 Å². The third-order valence-corrected chi connectivity index (χ3v) is 5.62. The number of benzene rings is 1. The Morgan fingerprint density at radius 1 is 1.20 bits per heavy atom. The first-order chi connectivity index (χ1) is 14.7. The normalized spacial score (nSPS) is 12.0. The molecule has 0 radical (unpaired) electrons. The lowest BCUT2D eigenvalue weighted by Crippen LogP contribution is -2.23. The van der Waals surface area contributed by atoms with Gasteiger partial charge >= 0.3 is 0 Å². The lowest BCUT2D eigenvalue weighted by atomic mass is 10.2. The summed E-state index contributed by atoms with van der Waals surface area (Å²) < 4.78 is 18.5. The number of unbranched alkanes of at least 4 members (excludes halogenated alkanes) is 3. The fourth-order valence-electron chi connectivity index (χ4n) is 3.10. The van der Waals surface area contributed by atoms with Crippen LogP contribution in [-0.2, 0) is 0 Å². The van der Waals surface area contributed by atoms with E-state index in [2.05, 4.69) is 17.0 Å². The Labute approximate surface area is 177 Å². The highest BCUT2D eigenvalue weighted by molar-refractivity contribution is 7.15. The standard InChI is InChI=1S/C22H23N3O4S/c1-3-4-5-6-11-28-16-10-9-15(13-18(16)27-2)14-19-21(26)25-22(30-19)23-20(24-25)17-8-7-12-29-17/h7-10,12-14H,3-6,11H2,1-2H3/b19-14-. The Bertz CT molecular complexity index is 1230. The molecular formula is C22H23N3O4S. The second-order valence-electron chi connectivity index (χ2n) is 6.84. The molecular weight excluding hydrogens is 402 g/mol. The molecule has 4 rings (SSSR count). The molecule has 0 fully saturated rings. The first kappa shape index (κ1) is 20.2. The van der Waals surface area contributed by atoms with Crippen LogP contribution in [0, 0.1) is 0 Å². The Kier molecular flexibility index (Phi) is 6.13. The van der Waals surface area contributed by atoms with Crippen molar-refractivity contribution >= 4 is 22.4 Å².